The summed E-state index contributed by atoms with van der Waals surface area (Å²) in [6.07, 6.45) is 16.8. The van der Waals surface area contributed by atoms with Crippen molar-refractivity contribution < 1.29 is 0 Å². The first-order chi connectivity index (χ1) is 10.3. The van der Waals surface area contributed by atoms with E-state index < -0.39 is 0 Å². The molecule has 1 aromatic carbocycles. The molecule has 0 bridgehead atoms. The lowest BCUT2D eigenvalue weighted by Crippen LogP contribution is -2.17. The molecule has 1 saturated carbocycles. The van der Waals surface area contributed by atoms with Gasteiger partial charge in [0.1, 0.15) is 0 Å². The van der Waals surface area contributed by atoms with Gasteiger partial charge in [0, 0.05) is 0 Å². The van der Waals surface area contributed by atoms with Crippen molar-refractivity contribution in [2.24, 2.45) is 5.41 Å². The Morgan fingerprint density at radius 1 is 0.810 bits per heavy atom. The molecule has 0 atom stereocenters. The monoisotopic (exact) mass is 299 g/mol. The fraction of sp³-hybridized carbons (Fsp3) is 0.600. The molecule has 1 aliphatic heterocycles. The van der Waals surface area contributed by atoms with E-state index in [0.717, 1.165) is 0 Å². The first-order valence-corrected chi connectivity index (χ1v) is 9.70. The predicted octanol–water partition coefficient (Wildman–Crippen LogP) is 6.53. The summed E-state index contributed by atoms with van der Waals surface area (Å²) in [4.78, 5) is 0. The molecule has 1 aliphatic carbocycles. The molecule has 0 amide bonds. The van der Waals surface area contributed by atoms with Crippen LogP contribution in [0.15, 0.2) is 29.6 Å². The normalized spacial score (nSPS) is 24.1. The molecule has 1 heterocycles. The van der Waals surface area contributed by atoms with Gasteiger partial charge < -0.3 is 0 Å². The highest BCUT2D eigenvalue weighted by Crippen LogP contribution is 2.50. The third-order valence-corrected chi connectivity index (χ3v) is 6.85. The van der Waals surface area contributed by atoms with Crippen molar-refractivity contribution in [3.05, 3.63) is 35.1 Å². The number of allylic oxidation sites excluding steroid dienone is 1. The second-order valence-corrected chi connectivity index (χ2v) is 8.28. The van der Waals surface area contributed by atoms with Gasteiger partial charge in [-0.1, -0.05) is 82.6 Å². The molecule has 1 heteroatoms. The van der Waals surface area contributed by atoms with E-state index >= 15 is 0 Å². The van der Waals surface area contributed by atoms with E-state index in [9.17, 15) is 0 Å². The molecule has 1 fully saturated rings. The second-order valence-electron chi connectivity index (χ2n) is 7.09. The summed E-state index contributed by atoms with van der Waals surface area (Å²) in [5.74, 6) is 0. The Bertz CT molecular complexity index is 488. The largest absolute Gasteiger partial charge is 0.0616 e. The fourth-order valence-electron chi connectivity index (χ4n) is 3.80. The van der Waals surface area contributed by atoms with Crippen LogP contribution in [0.25, 0.3) is 6.08 Å². The van der Waals surface area contributed by atoms with Crippen LogP contribution in [0.1, 0.15) is 76.7 Å². The zero-order chi connectivity index (χ0) is 14.5. The number of hydrogen-bond acceptors (Lipinski definition) is 0. The number of fused-ring (bicyclic) bond motifs is 1. The van der Waals surface area contributed by atoms with E-state index in [1.807, 2.05) is 0 Å². The summed E-state index contributed by atoms with van der Waals surface area (Å²) >= 11 is 0. The van der Waals surface area contributed by atoms with E-state index in [2.05, 4.69) is 37.3 Å². The molecule has 21 heavy (non-hydrogen) atoms. The number of hydrogen-bond donors (Lipinski definition) is 0. The minimum Gasteiger partial charge on any atom is -0.0616 e. The van der Waals surface area contributed by atoms with Crippen molar-refractivity contribution in [2.45, 2.75) is 71.1 Å². The Kier molecular flexibility index (Phi) is 5.17. The maximum absolute atomic E-state index is 2.54. The van der Waals surface area contributed by atoms with Crippen molar-refractivity contribution in [3.8, 4) is 0 Å². The molecular formula is C20H28P. The quantitative estimate of drug-likeness (QED) is 0.517. The molecule has 0 N–H and O–H groups in total. The highest BCUT2D eigenvalue weighted by atomic mass is 31.1. The fourth-order valence-corrected chi connectivity index (χ4v) is 5.19. The van der Waals surface area contributed by atoms with Crippen LogP contribution in [0.4, 0.5) is 0 Å². The molecule has 0 nitrogen and oxygen atoms in total. The Morgan fingerprint density at radius 3 is 2.00 bits per heavy atom. The van der Waals surface area contributed by atoms with Crippen LogP contribution in [0.5, 0.6) is 0 Å². The van der Waals surface area contributed by atoms with Gasteiger partial charge in [-0.3, -0.25) is 0 Å². The molecule has 1 radical (unpaired) electrons. The average Bonchev–Trinajstić information content (AvgIpc) is 2.91. The summed E-state index contributed by atoms with van der Waals surface area (Å²) in [5, 5.41) is 3.20. The van der Waals surface area contributed by atoms with E-state index in [-0.39, 0.29) is 0 Å². The second kappa shape index (κ2) is 7.10. The van der Waals surface area contributed by atoms with Crippen LogP contribution in [0.2, 0.25) is 0 Å². The third kappa shape index (κ3) is 3.78. The molecule has 113 valence electrons. The van der Waals surface area contributed by atoms with Gasteiger partial charge in [0.25, 0.3) is 0 Å². The van der Waals surface area contributed by atoms with Crippen molar-refractivity contribution in [3.63, 3.8) is 0 Å². The van der Waals surface area contributed by atoms with Crippen LogP contribution >= 0.6 is 8.58 Å². The van der Waals surface area contributed by atoms with Crippen LogP contribution < -0.4 is 5.30 Å². The summed E-state index contributed by atoms with van der Waals surface area (Å²) in [6, 6.07) is 8.94. The van der Waals surface area contributed by atoms with Gasteiger partial charge in [-0.2, -0.15) is 0 Å². The van der Waals surface area contributed by atoms with Crippen LogP contribution in [0, 0.1) is 5.41 Å². The number of benzene rings is 1. The van der Waals surface area contributed by atoms with Gasteiger partial charge in [-0.25, -0.2) is 0 Å². The summed E-state index contributed by atoms with van der Waals surface area (Å²) in [6.45, 7) is 2.54. The van der Waals surface area contributed by atoms with Gasteiger partial charge in [0.05, 0.1) is 0 Å². The minimum atomic E-state index is 0.435. The first-order valence-electron chi connectivity index (χ1n) is 8.81. The molecule has 0 aromatic heterocycles. The van der Waals surface area contributed by atoms with E-state index in [4.69, 9.17) is 0 Å². The van der Waals surface area contributed by atoms with Gasteiger partial charge in [0.2, 0.25) is 0 Å². The molecular weight excluding hydrogens is 271 g/mol. The zero-order valence-corrected chi connectivity index (χ0v) is 14.3. The van der Waals surface area contributed by atoms with Gasteiger partial charge in [0.15, 0.2) is 0 Å². The molecule has 0 unspecified atom stereocenters. The highest BCUT2D eigenvalue weighted by molar-refractivity contribution is 7.53. The molecule has 0 saturated heterocycles. The van der Waals surface area contributed by atoms with Gasteiger partial charge in [-0.05, 0) is 49.1 Å². The summed E-state index contributed by atoms with van der Waals surface area (Å²) in [7, 11) is 1.48. The topological polar surface area (TPSA) is 0 Å². The third-order valence-electron chi connectivity index (χ3n) is 5.30. The SMILES string of the molecule is CC1(C2=Cc3ccccc3[P]2)CCCCCCCCCC1. The Morgan fingerprint density at radius 2 is 1.38 bits per heavy atom. The molecule has 1 aromatic rings. The van der Waals surface area contributed by atoms with Crippen molar-refractivity contribution in [2.75, 3.05) is 0 Å². The highest BCUT2D eigenvalue weighted by Gasteiger charge is 2.31. The van der Waals surface area contributed by atoms with E-state index in [1.54, 1.807) is 5.31 Å². The minimum absolute atomic E-state index is 0.435. The Balaban J connectivity index is 1.74. The van der Waals surface area contributed by atoms with Crippen LogP contribution in [-0.2, 0) is 0 Å². The Hall–Kier alpha value is -0.610. The standard InChI is InChI=1S/C20H28P/c1-20(14-10-6-4-2-3-5-7-11-15-20)19-16-17-12-8-9-13-18(17)21-19/h8-9,12-13,16H,2-7,10-11,14-15H2,1H3. The molecule has 3 rings (SSSR count). The average molecular weight is 299 g/mol. The predicted molar refractivity (Wildman–Crippen MR) is 95.3 cm³/mol. The molecule has 2 aliphatic rings. The van der Waals surface area contributed by atoms with Crippen LogP contribution in [0.3, 0.4) is 0 Å². The lowest BCUT2D eigenvalue weighted by molar-refractivity contribution is 0.328. The van der Waals surface area contributed by atoms with Crippen molar-refractivity contribution in [1.29, 1.82) is 0 Å². The Labute approximate surface area is 132 Å². The summed E-state index contributed by atoms with van der Waals surface area (Å²) < 4.78 is 0. The first kappa shape index (κ1) is 15.3. The van der Waals surface area contributed by atoms with Crippen molar-refractivity contribution in [1.82, 2.24) is 0 Å². The van der Waals surface area contributed by atoms with E-state index in [1.165, 1.54) is 83.7 Å². The van der Waals surface area contributed by atoms with Crippen molar-refractivity contribution >= 4 is 20.0 Å². The smallest absolute Gasteiger partial charge is 0.00639 e. The lowest BCUT2D eigenvalue weighted by Gasteiger charge is -2.31. The van der Waals surface area contributed by atoms with Gasteiger partial charge in [-0.15, -0.1) is 0 Å². The zero-order valence-electron chi connectivity index (χ0n) is 13.4. The van der Waals surface area contributed by atoms with Crippen LogP contribution in [-0.4, -0.2) is 0 Å². The number of rotatable bonds is 1. The lowest BCUT2D eigenvalue weighted by atomic mass is 9.79. The van der Waals surface area contributed by atoms with Gasteiger partial charge >= 0.3 is 0 Å². The van der Waals surface area contributed by atoms with E-state index in [0.29, 0.717) is 5.41 Å². The maximum Gasteiger partial charge on any atom is -0.00639 e. The summed E-state index contributed by atoms with van der Waals surface area (Å²) in [5.41, 5.74) is 1.90. The maximum atomic E-state index is 2.54. The molecule has 0 spiro atoms.